The Morgan fingerprint density at radius 2 is 0.893 bits per heavy atom. The zero-order valence-electron chi connectivity index (χ0n) is 20.1. The summed E-state index contributed by atoms with van der Waals surface area (Å²) in [6, 6.07) is 0. The van der Waals surface area contributed by atoms with Crippen LogP contribution < -0.4 is 5.32 Å². The third kappa shape index (κ3) is 16.6. The topological polar surface area (TPSA) is 12.0 Å². The molecule has 0 aliphatic rings. The van der Waals surface area contributed by atoms with Gasteiger partial charge in [-0.3, -0.25) is 0 Å². The number of hydrogen-bond acceptors (Lipinski definition) is 1. The number of hydrogen-bond donors (Lipinski definition) is 1. The molecule has 1 nitrogen and oxygen atoms in total. The van der Waals surface area contributed by atoms with E-state index in [2.05, 4.69) is 38.7 Å². The molecule has 0 fully saturated rings. The lowest BCUT2D eigenvalue weighted by atomic mass is 9.88. The van der Waals surface area contributed by atoms with E-state index in [1.54, 1.807) is 0 Å². The maximum absolute atomic E-state index is 4.10. The van der Waals surface area contributed by atoms with Gasteiger partial charge in [0.25, 0.3) is 0 Å². The van der Waals surface area contributed by atoms with Crippen LogP contribution in [0.2, 0.25) is 0 Å². The Bertz CT molecular complexity index is 303. The van der Waals surface area contributed by atoms with E-state index < -0.39 is 0 Å². The summed E-state index contributed by atoms with van der Waals surface area (Å²) in [5.41, 5.74) is 0.193. The third-order valence-electron chi connectivity index (χ3n) is 6.29. The van der Waals surface area contributed by atoms with Gasteiger partial charge in [0, 0.05) is 5.54 Å². The molecule has 0 spiro atoms. The molecule has 168 valence electrons. The van der Waals surface area contributed by atoms with Crippen LogP contribution in [0.5, 0.6) is 0 Å². The van der Waals surface area contributed by atoms with E-state index in [0.717, 1.165) is 6.54 Å². The minimum atomic E-state index is 0.193. The van der Waals surface area contributed by atoms with Gasteiger partial charge in [0.1, 0.15) is 0 Å². The zero-order valence-corrected chi connectivity index (χ0v) is 20.1. The highest BCUT2D eigenvalue weighted by atomic mass is 15.0. The molecule has 0 aromatic heterocycles. The first-order valence-corrected chi connectivity index (χ1v) is 13.1. The highest BCUT2D eigenvalue weighted by Crippen LogP contribution is 2.21. The molecular weight excluding hydrogens is 338 g/mol. The lowest BCUT2D eigenvalue weighted by Gasteiger charge is -2.31. The molecule has 1 heteroatoms. The zero-order chi connectivity index (χ0) is 20.8. The predicted octanol–water partition coefficient (Wildman–Crippen LogP) is 9.36. The van der Waals surface area contributed by atoms with Crippen molar-refractivity contribution >= 4 is 0 Å². The summed E-state index contributed by atoms with van der Waals surface area (Å²) >= 11 is 0. The highest BCUT2D eigenvalue weighted by molar-refractivity contribution is 5.02. The van der Waals surface area contributed by atoms with Gasteiger partial charge < -0.3 is 5.32 Å². The fourth-order valence-electron chi connectivity index (χ4n) is 4.48. The minimum absolute atomic E-state index is 0.193. The maximum atomic E-state index is 4.10. The third-order valence-corrected chi connectivity index (χ3v) is 6.29. The Balaban J connectivity index is 3.36. The first-order valence-electron chi connectivity index (χ1n) is 13.1. The Labute approximate surface area is 179 Å². The van der Waals surface area contributed by atoms with Crippen molar-refractivity contribution in [3.63, 3.8) is 0 Å². The van der Waals surface area contributed by atoms with Crippen molar-refractivity contribution in [2.45, 2.75) is 155 Å². The van der Waals surface area contributed by atoms with Gasteiger partial charge in [0.2, 0.25) is 0 Å². The van der Waals surface area contributed by atoms with Crippen LogP contribution in [0, 0.1) is 0 Å². The summed E-state index contributed by atoms with van der Waals surface area (Å²) < 4.78 is 0. The summed E-state index contributed by atoms with van der Waals surface area (Å²) in [5, 5.41) is 3.82. The standard InChI is InChI=1S/C27H55N/c1-5-9-10-11-12-13-14-15-16-17-18-19-20-21-22-23-26-28-27(8-4,24-6-2)25-7-3/h8,28H,4-7,9-26H2,1-3H3. The number of rotatable bonds is 23. The minimum Gasteiger partial charge on any atom is -0.308 e. The van der Waals surface area contributed by atoms with Gasteiger partial charge in [0.15, 0.2) is 0 Å². The van der Waals surface area contributed by atoms with Crippen molar-refractivity contribution in [2.75, 3.05) is 6.54 Å². The van der Waals surface area contributed by atoms with Crippen LogP contribution in [0.1, 0.15) is 149 Å². The molecule has 0 atom stereocenters. The van der Waals surface area contributed by atoms with E-state index in [9.17, 15) is 0 Å². The molecule has 0 heterocycles. The van der Waals surface area contributed by atoms with Gasteiger partial charge in [-0.05, 0) is 25.8 Å². The van der Waals surface area contributed by atoms with Gasteiger partial charge in [-0.15, -0.1) is 6.58 Å². The first kappa shape index (κ1) is 27.7. The lowest BCUT2D eigenvalue weighted by Crippen LogP contribution is -2.43. The predicted molar refractivity (Wildman–Crippen MR) is 130 cm³/mol. The summed E-state index contributed by atoms with van der Waals surface area (Å²) in [6.07, 6.45) is 30.1. The van der Waals surface area contributed by atoms with Crippen LogP contribution in [0.25, 0.3) is 0 Å². The van der Waals surface area contributed by atoms with Gasteiger partial charge in [-0.25, -0.2) is 0 Å². The largest absolute Gasteiger partial charge is 0.308 e. The molecule has 0 aromatic carbocycles. The van der Waals surface area contributed by atoms with E-state index >= 15 is 0 Å². The van der Waals surface area contributed by atoms with Gasteiger partial charge in [-0.1, -0.05) is 136 Å². The highest BCUT2D eigenvalue weighted by Gasteiger charge is 2.22. The lowest BCUT2D eigenvalue weighted by molar-refractivity contribution is 0.340. The maximum Gasteiger partial charge on any atom is 0.0361 e. The fourth-order valence-corrected chi connectivity index (χ4v) is 4.48. The van der Waals surface area contributed by atoms with Gasteiger partial charge in [-0.2, -0.15) is 0 Å². The summed E-state index contributed by atoms with van der Waals surface area (Å²) in [5.74, 6) is 0. The molecule has 0 amide bonds. The molecule has 0 unspecified atom stereocenters. The Morgan fingerprint density at radius 3 is 1.21 bits per heavy atom. The second-order valence-corrected chi connectivity index (χ2v) is 9.09. The Kier molecular flexibility index (Phi) is 21.2. The second kappa shape index (κ2) is 21.4. The van der Waals surface area contributed by atoms with Crippen molar-refractivity contribution in [1.29, 1.82) is 0 Å². The fraction of sp³-hybridized carbons (Fsp3) is 0.926. The van der Waals surface area contributed by atoms with E-state index in [0.29, 0.717) is 0 Å². The van der Waals surface area contributed by atoms with Gasteiger partial charge >= 0.3 is 0 Å². The molecule has 0 aliphatic carbocycles. The summed E-state index contributed by atoms with van der Waals surface area (Å²) in [6.45, 7) is 12.1. The van der Waals surface area contributed by atoms with E-state index in [-0.39, 0.29) is 5.54 Å². The van der Waals surface area contributed by atoms with Crippen LogP contribution >= 0.6 is 0 Å². The van der Waals surface area contributed by atoms with Crippen molar-refractivity contribution in [3.05, 3.63) is 12.7 Å². The smallest absolute Gasteiger partial charge is 0.0361 e. The molecule has 0 aromatic rings. The number of unbranched alkanes of at least 4 members (excludes halogenated alkanes) is 15. The quantitative estimate of drug-likeness (QED) is 0.135. The second-order valence-electron chi connectivity index (χ2n) is 9.09. The van der Waals surface area contributed by atoms with Crippen molar-refractivity contribution in [1.82, 2.24) is 5.32 Å². The summed E-state index contributed by atoms with van der Waals surface area (Å²) in [4.78, 5) is 0. The van der Waals surface area contributed by atoms with E-state index in [1.807, 2.05) is 0 Å². The van der Waals surface area contributed by atoms with Crippen LogP contribution in [0.3, 0.4) is 0 Å². The van der Waals surface area contributed by atoms with Gasteiger partial charge in [0.05, 0.1) is 0 Å². The van der Waals surface area contributed by atoms with Crippen LogP contribution in [-0.2, 0) is 0 Å². The molecule has 0 rings (SSSR count). The average molecular weight is 394 g/mol. The van der Waals surface area contributed by atoms with Crippen molar-refractivity contribution in [3.8, 4) is 0 Å². The Morgan fingerprint density at radius 1 is 0.536 bits per heavy atom. The molecule has 0 bridgehead atoms. The molecule has 0 saturated heterocycles. The van der Waals surface area contributed by atoms with Crippen LogP contribution in [0.15, 0.2) is 12.7 Å². The monoisotopic (exact) mass is 393 g/mol. The molecule has 0 aliphatic heterocycles. The van der Waals surface area contributed by atoms with Crippen LogP contribution in [-0.4, -0.2) is 12.1 Å². The first-order chi connectivity index (χ1) is 13.7. The number of nitrogens with one attached hydrogen (secondary N) is 1. The normalized spacial score (nSPS) is 11.8. The molecule has 0 radical (unpaired) electrons. The average Bonchev–Trinajstić information content (AvgIpc) is 2.70. The SMILES string of the molecule is C=CC(CCC)(CCC)NCCCCCCCCCCCCCCCCCC. The molecule has 1 N–H and O–H groups in total. The van der Waals surface area contributed by atoms with Crippen molar-refractivity contribution in [2.24, 2.45) is 0 Å². The Hall–Kier alpha value is -0.300. The van der Waals surface area contributed by atoms with E-state index in [1.165, 1.54) is 128 Å². The van der Waals surface area contributed by atoms with E-state index in [4.69, 9.17) is 0 Å². The van der Waals surface area contributed by atoms with Crippen LogP contribution in [0.4, 0.5) is 0 Å². The molecule has 28 heavy (non-hydrogen) atoms. The molecular formula is C27H55N. The van der Waals surface area contributed by atoms with Crippen molar-refractivity contribution < 1.29 is 0 Å². The summed E-state index contributed by atoms with van der Waals surface area (Å²) in [7, 11) is 0. The molecule has 0 saturated carbocycles.